The monoisotopic (exact) mass is 360 g/mol. The topological polar surface area (TPSA) is 23.6 Å². The molecule has 0 radical (unpaired) electrons. The molecule has 0 bridgehead atoms. The van der Waals surface area contributed by atoms with E-state index in [1.165, 1.54) is 12.1 Å². The van der Waals surface area contributed by atoms with E-state index in [2.05, 4.69) is 0 Å². The quantitative estimate of drug-likeness (QED) is 0.745. The minimum atomic E-state index is -4.20. The van der Waals surface area contributed by atoms with E-state index < -0.39 is 12.6 Å². The predicted molar refractivity (Wildman–Crippen MR) is 87.3 cm³/mol. The van der Waals surface area contributed by atoms with Crippen LogP contribution in [0.3, 0.4) is 0 Å². The molecular weight excluding hydrogens is 336 g/mol. The summed E-state index contributed by atoms with van der Waals surface area (Å²) >= 11 is 0. The first-order chi connectivity index (χ1) is 11.7. The average Bonchev–Trinajstić information content (AvgIpc) is 2.67. The maximum Gasteiger partial charge on any atom is 0.390 e. The van der Waals surface area contributed by atoms with Crippen molar-refractivity contribution in [3.8, 4) is 0 Å². The van der Waals surface area contributed by atoms with Crippen LogP contribution in [0.4, 0.5) is 17.6 Å². The van der Waals surface area contributed by atoms with Gasteiger partial charge in [0.1, 0.15) is 5.82 Å². The molecule has 1 aromatic rings. The fourth-order valence-electron chi connectivity index (χ4n) is 3.09. The minimum Gasteiger partial charge on any atom is -0.334 e. The molecule has 0 saturated carbocycles. The number of amides is 1. The van der Waals surface area contributed by atoms with E-state index >= 15 is 0 Å². The number of carbonyl (C=O) groups is 1. The van der Waals surface area contributed by atoms with E-state index in [1.54, 1.807) is 21.9 Å². The van der Waals surface area contributed by atoms with Gasteiger partial charge in [-0.1, -0.05) is 26.0 Å². The number of nitrogens with zero attached hydrogens (tertiary/aromatic N) is 2. The smallest absolute Gasteiger partial charge is 0.334 e. The third-order valence-electron chi connectivity index (χ3n) is 4.56. The zero-order chi connectivity index (χ0) is 18.6. The Morgan fingerprint density at radius 2 is 1.84 bits per heavy atom. The van der Waals surface area contributed by atoms with Crippen molar-refractivity contribution >= 4 is 5.91 Å². The Morgan fingerprint density at radius 1 is 1.20 bits per heavy atom. The summed E-state index contributed by atoms with van der Waals surface area (Å²) in [6, 6.07) is 5.78. The third kappa shape index (κ3) is 5.99. The molecule has 1 fully saturated rings. The van der Waals surface area contributed by atoms with Crippen LogP contribution in [0.25, 0.3) is 0 Å². The summed E-state index contributed by atoms with van der Waals surface area (Å²) in [7, 11) is 0. The molecule has 1 aliphatic rings. The molecule has 2 rings (SSSR count). The third-order valence-corrected chi connectivity index (χ3v) is 4.56. The van der Waals surface area contributed by atoms with E-state index in [0.29, 0.717) is 19.6 Å². The summed E-state index contributed by atoms with van der Waals surface area (Å²) in [5.74, 6) is -0.307. The van der Waals surface area contributed by atoms with E-state index in [-0.39, 0.29) is 36.6 Å². The lowest BCUT2D eigenvalue weighted by Gasteiger charge is -2.35. The van der Waals surface area contributed by atoms with Crippen molar-refractivity contribution < 1.29 is 22.4 Å². The SMILES string of the molecule is CC(C)C1CN(CCC(F)(F)F)CCC(=O)N1Cc1ccc(F)cc1. The Labute approximate surface area is 145 Å². The van der Waals surface area contributed by atoms with Crippen molar-refractivity contribution in [2.24, 2.45) is 5.92 Å². The lowest BCUT2D eigenvalue weighted by molar-refractivity contribution is -0.138. The van der Waals surface area contributed by atoms with Crippen molar-refractivity contribution in [2.75, 3.05) is 19.6 Å². The second-order valence-electron chi connectivity index (χ2n) is 6.88. The van der Waals surface area contributed by atoms with Crippen molar-refractivity contribution in [1.82, 2.24) is 9.80 Å². The van der Waals surface area contributed by atoms with Crippen LogP contribution in [-0.4, -0.2) is 47.6 Å². The molecule has 1 saturated heterocycles. The Hall–Kier alpha value is -1.63. The van der Waals surface area contributed by atoms with Crippen molar-refractivity contribution in [2.45, 2.75) is 45.5 Å². The van der Waals surface area contributed by atoms with Gasteiger partial charge in [-0.2, -0.15) is 13.2 Å². The van der Waals surface area contributed by atoms with Gasteiger partial charge in [0.2, 0.25) is 5.91 Å². The number of halogens is 4. The summed E-state index contributed by atoms with van der Waals surface area (Å²) in [5.41, 5.74) is 0.809. The maximum absolute atomic E-state index is 13.1. The molecule has 1 aliphatic heterocycles. The van der Waals surface area contributed by atoms with E-state index in [9.17, 15) is 22.4 Å². The molecule has 1 atom stereocenters. The standard InChI is InChI=1S/C18H24F4N2O/c1-13(2)16-12-23(10-8-18(20,21)22)9-7-17(25)24(16)11-14-3-5-15(19)6-4-14/h3-6,13,16H,7-12H2,1-2H3. The molecule has 1 unspecified atom stereocenters. The fraction of sp³-hybridized carbons (Fsp3) is 0.611. The molecular formula is C18H24F4N2O. The van der Waals surface area contributed by atoms with E-state index in [0.717, 1.165) is 5.56 Å². The summed E-state index contributed by atoms with van der Waals surface area (Å²) in [4.78, 5) is 16.0. The normalized spacial score (nSPS) is 20.2. The van der Waals surface area contributed by atoms with Gasteiger partial charge in [-0.3, -0.25) is 4.79 Å². The lowest BCUT2D eigenvalue weighted by Crippen LogP contribution is -2.46. The first-order valence-corrected chi connectivity index (χ1v) is 8.49. The van der Waals surface area contributed by atoms with Crippen LogP contribution in [-0.2, 0) is 11.3 Å². The highest BCUT2D eigenvalue weighted by Crippen LogP contribution is 2.24. The molecule has 0 spiro atoms. The van der Waals surface area contributed by atoms with Gasteiger partial charge in [-0.15, -0.1) is 0 Å². The number of hydrogen-bond donors (Lipinski definition) is 0. The van der Waals surface area contributed by atoms with Gasteiger partial charge in [0.25, 0.3) is 0 Å². The summed E-state index contributed by atoms with van der Waals surface area (Å²) < 4.78 is 50.6. The predicted octanol–water partition coefficient (Wildman–Crippen LogP) is 3.84. The highest BCUT2D eigenvalue weighted by atomic mass is 19.4. The first-order valence-electron chi connectivity index (χ1n) is 8.49. The van der Waals surface area contributed by atoms with Crippen molar-refractivity contribution in [1.29, 1.82) is 0 Å². The van der Waals surface area contributed by atoms with Gasteiger partial charge in [-0.25, -0.2) is 4.39 Å². The Kier molecular flexibility index (Phi) is 6.43. The van der Waals surface area contributed by atoms with E-state index in [1.807, 2.05) is 13.8 Å². The number of carbonyl (C=O) groups excluding carboxylic acids is 1. The van der Waals surface area contributed by atoms with Crippen LogP contribution in [0.5, 0.6) is 0 Å². The minimum absolute atomic E-state index is 0.0717. The van der Waals surface area contributed by atoms with E-state index in [4.69, 9.17) is 0 Å². The highest BCUT2D eigenvalue weighted by Gasteiger charge is 2.34. The first kappa shape index (κ1) is 19.7. The van der Waals surface area contributed by atoms with Crippen LogP contribution < -0.4 is 0 Å². The van der Waals surface area contributed by atoms with Crippen molar-refractivity contribution in [3.63, 3.8) is 0 Å². The van der Waals surface area contributed by atoms with Crippen LogP contribution in [0.2, 0.25) is 0 Å². The van der Waals surface area contributed by atoms with Gasteiger partial charge in [-0.05, 0) is 23.6 Å². The molecule has 0 N–H and O–H groups in total. The fourth-order valence-corrected chi connectivity index (χ4v) is 3.09. The summed E-state index contributed by atoms with van der Waals surface area (Å²) in [6.45, 7) is 4.92. The zero-order valence-electron chi connectivity index (χ0n) is 14.5. The molecule has 0 aliphatic carbocycles. The number of hydrogen-bond acceptors (Lipinski definition) is 2. The van der Waals surface area contributed by atoms with Gasteiger partial charge in [0.05, 0.1) is 6.42 Å². The Balaban J connectivity index is 2.11. The van der Waals surface area contributed by atoms with Crippen LogP contribution in [0.15, 0.2) is 24.3 Å². The van der Waals surface area contributed by atoms with Gasteiger partial charge in [0.15, 0.2) is 0 Å². The zero-order valence-corrected chi connectivity index (χ0v) is 14.5. The second kappa shape index (κ2) is 8.17. The summed E-state index contributed by atoms with van der Waals surface area (Å²) in [6.07, 6.45) is -4.87. The molecule has 140 valence electrons. The van der Waals surface area contributed by atoms with Crippen molar-refractivity contribution in [3.05, 3.63) is 35.6 Å². The molecule has 7 heteroatoms. The molecule has 1 amide bonds. The number of benzene rings is 1. The molecule has 25 heavy (non-hydrogen) atoms. The Bertz CT molecular complexity index is 571. The number of rotatable bonds is 5. The van der Waals surface area contributed by atoms with Crippen LogP contribution in [0, 0.1) is 11.7 Å². The van der Waals surface area contributed by atoms with Gasteiger partial charge >= 0.3 is 6.18 Å². The molecule has 0 aromatic heterocycles. The largest absolute Gasteiger partial charge is 0.390 e. The highest BCUT2D eigenvalue weighted by molar-refractivity contribution is 5.77. The van der Waals surface area contributed by atoms with Crippen LogP contribution in [0.1, 0.15) is 32.3 Å². The number of alkyl halides is 3. The maximum atomic E-state index is 13.1. The molecule has 3 nitrogen and oxygen atoms in total. The molecule has 1 heterocycles. The molecule has 1 aromatic carbocycles. The summed E-state index contributed by atoms with van der Waals surface area (Å²) in [5, 5.41) is 0. The average molecular weight is 360 g/mol. The Morgan fingerprint density at radius 3 is 2.40 bits per heavy atom. The van der Waals surface area contributed by atoms with Gasteiger partial charge < -0.3 is 9.80 Å². The van der Waals surface area contributed by atoms with Gasteiger partial charge in [0, 0.05) is 38.6 Å². The van der Waals surface area contributed by atoms with Crippen LogP contribution >= 0.6 is 0 Å². The second-order valence-corrected chi connectivity index (χ2v) is 6.88. The lowest BCUT2D eigenvalue weighted by atomic mass is 10.0.